The zero-order valence-corrected chi connectivity index (χ0v) is 6.12. The molecule has 10 heavy (non-hydrogen) atoms. The molecule has 0 saturated carbocycles. The number of hydrogen-bond donors (Lipinski definition) is 1. The lowest BCUT2D eigenvalue weighted by Crippen LogP contribution is -2.43. The van der Waals surface area contributed by atoms with Crippen molar-refractivity contribution in [1.29, 1.82) is 0 Å². The molecule has 2 heterocycles. The Morgan fingerprint density at radius 3 is 3.00 bits per heavy atom. The topological polar surface area (TPSA) is 38.5 Å². The van der Waals surface area contributed by atoms with Crippen LogP contribution in [0.25, 0.3) is 0 Å². The van der Waals surface area contributed by atoms with Gasteiger partial charge in [-0.25, -0.2) is 5.01 Å². The Hall–Kier alpha value is -0.120. The molecule has 0 bridgehead atoms. The van der Waals surface area contributed by atoms with Crippen molar-refractivity contribution in [3.8, 4) is 0 Å². The Kier molecular flexibility index (Phi) is 1.64. The zero-order chi connectivity index (χ0) is 6.97. The van der Waals surface area contributed by atoms with Crippen LogP contribution in [-0.2, 0) is 4.74 Å². The standard InChI is InChI=1S/C7H14N2O/c8-9-2-1-6-4-10-5-7(6)3-9/h6-7H,1-5,8H2/t6-,7-/m1/s1. The fraction of sp³-hybridized carbons (Fsp3) is 1.00. The lowest BCUT2D eigenvalue weighted by molar-refractivity contribution is 0.149. The third-order valence-corrected chi connectivity index (χ3v) is 2.59. The quantitative estimate of drug-likeness (QED) is 0.477. The van der Waals surface area contributed by atoms with E-state index in [-0.39, 0.29) is 0 Å². The van der Waals surface area contributed by atoms with E-state index in [1.54, 1.807) is 0 Å². The van der Waals surface area contributed by atoms with Gasteiger partial charge in [0.15, 0.2) is 0 Å². The van der Waals surface area contributed by atoms with Gasteiger partial charge in [0.1, 0.15) is 0 Å². The molecule has 2 saturated heterocycles. The van der Waals surface area contributed by atoms with Gasteiger partial charge in [-0.1, -0.05) is 0 Å². The van der Waals surface area contributed by atoms with Gasteiger partial charge >= 0.3 is 0 Å². The summed E-state index contributed by atoms with van der Waals surface area (Å²) in [7, 11) is 0. The molecule has 2 aliphatic heterocycles. The Bertz CT molecular complexity index is 129. The van der Waals surface area contributed by atoms with Gasteiger partial charge in [0.2, 0.25) is 0 Å². The molecule has 0 aromatic carbocycles. The third kappa shape index (κ3) is 1.05. The van der Waals surface area contributed by atoms with Gasteiger partial charge in [0.05, 0.1) is 6.61 Å². The molecule has 0 aromatic heterocycles. The average molecular weight is 142 g/mol. The van der Waals surface area contributed by atoms with E-state index in [0.717, 1.165) is 38.1 Å². The second-order valence-corrected chi connectivity index (χ2v) is 3.34. The molecule has 2 rings (SSSR count). The molecule has 0 radical (unpaired) electrons. The molecular formula is C7H14N2O. The highest BCUT2D eigenvalue weighted by atomic mass is 16.5. The van der Waals surface area contributed by atoms with E-state index in [2.05, 4.69) is 0 Å². The highest BCUT2D eigenvalue weighted by molar-refractivity contribution is 4.81. The number of hydrazine groups is 1. The van der Waals surface area contributed by atoms with Crippen LogP contribution in [0.5, 0.6) is 0 Å². The van der Waals surface area contributed by atoms with Crippen LogP contribution in [0.2, 0.25) is 0 Å². The van der Waals surface area contributed by atoms with Crippen molar-refractivity contribution in [2.45, 2.75) is 6.42 Å². The second-order valence-electron chi connectivity index (χ2n) is 3.34. The first-order chi connectivity index (χ1) is 4.86. The summed E-state index contributed by atoms with van der Waals surface area (Å²) in [6.45, 7) is 3.98. The highest BCUT2D eigenvalue weighted by Crippen LogP contribution is 2.27. The van der Waals surface area contributed by atoms with Gasteiger partial charge in [0, 0.05) is 25.6 Å². The molecule has 58 valence electrons. The maximum Gasteiger partial charge on any atom is 0.0510 e. The largest absolute Gasteiger partial charge is 0.381 e. The van der Waals surface area contributed by atoms with Crippen molar-refractivity contribution in [3.63, 3.8) is 0 Å². The maximum absolute atomic E-state index is 5.67. The molecular weight excluding hydrogens is 128 g/mol. The fourth-order valence-electron chi connectivity index (χ4n) is 1.89. The van der Waals surface area contributed by atoms with Crippen LogP contribution < -0.4 is 5.84 Å². The first-order valence-corrected chi connectivity index (χ1v) is 3.93. The predicted octanol–water partition coefficient (Wildman–Crippen LogP) is -0.172. The summed E-state index contributed by atoms with van der Waals surface area (Å²) in [6.07, 6.45) is 1.22. The zero-order valence-electron chi connectivity index (χ0n) is 6.12. The molecule has 0 unspecified atom stereocenters. The summed E-state index contributed by atoms with van der Waals surface area (Å²) in [5, 5.41) is 1.91. The lowest BCUT2D eigenvalue weighted by atomic mass is 9.90. The SMILES string of the molecule is NN1CC[C@@H]2COC[C@H]2C1. The van der Waals surface area contributed by atoms with Crippen LogP contribution in [0.15, 0.2) is 0 Å². The normalized spacial score (nSPS) is 41.7. The Morgan fingerprint density at radius 1 is 1.30 bits per heavy atom. The molecule has 2 aliphatic rings. The minimum absolute atomic E-state index is 0.721. The summed E-state index contributed by atoms with van der Waals surface area (Å²) in [4.78, 5) is 0. The van der Waals surface area contributed by atoms with Gasteiger partial charge < -0.3 is 4.74 Å². The average Bonchev–Trinajstić information content (AvgIpc) is 2.33. The summed E-state index contributed by atoms with van der Waals surface area (Å²) >= 11 is 0. The number of ether oxygens (including phenoxy) is 1. The number of hydrogen-bond acceptors (Lipinski definition) is 3. The fourth-order valence-corrected chi connectivity index (χ4v) is 1.89. The van der Waals surface area contributed by atoms with Gasteiger partial charge in [-0.3, -0.25) is 5.84 Å². The summed E-state index contributed by atoms with van der Waals surface area (Å²) < 4.78 is 5.36. The van der Waals surface area contributed by atoms with Crippen molar-refractivity contribution in [2.24, 2.45) is 17.7 Å². The van der Waals surface area contributed by atoms with Crippen LogP contribution in [0.1, 0.15) is 6.42 Å². The monoisotopic (exact) mass is 142 g/mol. The molecule has 3 nitrogen and oxygen atoms in total. The number of fused-ring (bicyclic) bond motifs is 1. The van der Waals surface area contributed by atoms with Crippen molar-refractivity contribution < 1.29 is 4.74 Å². The van der Waals surface area contributed by atoms with E-state index in [1.807, 2.05) is 5.01 Å². The van der Waals surface area contributed by atoms with Crippen LogP contribution in [-0.4, -0.2) is 31.3 Å². The van der Waals surface area contributed by atoms with Crippen molar-refractivity contribution in [3.05, 3.63) is 0 Å². The van der Waals surface area contributed by atoms with E-state index in [4.69, 9.17) is 10.6 Å². The van der Waals surface area contributed by atoms with Crippen molar-refractivity contribution in [1.82, 2.24) is 5.01 Å². The molecule has 2 fully saturated rings. The third-order valence-electron chi connectivity index (χ3n) is 2.59. The van der Waals surface area contributed by atoms with Gasteiger partial charge in [-0.15, -0.1) is 0 Å². The van der Waals surface area contributed by atoms with Crippen LogP contribution >= 0.6 is 0 Å². The first-order valence-electron chi connectivity index (χ1n) is 3.93. The van der Waals surface area contributed by atoms with E-state index in [0.29, 0.717) is 0 Å². The Balaban J connectivity index is 1.96. The number of rotatable bonds is 0. The molecule has 0 aromatic rings. The first kappa shape index (κ1) is 6.58. The number of nitrogens with two attached hydrogens (primary N) is 1. The lowest BCUT2D eigenvalue weighted by Gasteiger charge is -2.30. The smallest absolute Gasteiger partial charge is 0.0510 e. The van der Waals surface area contributed by atoms with E-state index in [9.17, 15) is 0 Å². The molecule has 0 aliphatic carbocycles. The predicted molar refractivity (Wildman–Crippen MR) is 38.2 cm³/mol. The number of nitrogens with zero attached hydrogens (tertiary/aromatic N) is 1. The molecule has 0 spiro atoms. The molecule has 2 N–H and O–H groups in total. The minimum Gasteiger partial charge on any atom is -0.381 e. The van der Waals surface area contributed by atoms with Gasteiger partial charge in [0.25, 0.3) is 0 Å². The van der Waals surface area contributed by atoms with Crippen LogP contribution in [0.4, 0.5) is 0 Å². The van der Waals surface area contributed by atoms with E-state index >= 15 is 0 Å². The van der Waals surface area contributed by atoms with Crippen LogP contribution in [0, 0.1) is 11.8 Å². The van der Waals surface area contributed by atoms with Crippen LogP contribution in [0.3, 0.4) is 0 Å². The highest BCUT2D eigenvalue weighted by Gasteiger charge is 2.32. The van der Waals surface area contributed by atoms with E-state index in [1.165, 1.54) is 6.42 Å². The minimum atomic E-state index is 0.721. The summed E-state index contributed by atoms with van der Waals surface area (Å²) in [6, 6.07) is 0. The van der Waals surface area contributed by atoms with Gasteiger partial charge in [-0.2, -0.15) is 0 Å². The molecule has 3 heteroatoms. The molecule has 0 amide bonds. The summed E-state index contributed by atoms with van der Waals surface area (Å²) in [5.41, 5.74) is 0. The van der Waals surface area contributed by atoms with Crippen molar-refractivity contribution in [2.75, 3.05) is 26.3 Å². The second kappa shape index (κ2) is 2.49. The van der Waals surface area contributed by atoms with E-state index < -0.39 is 0 Å². The Labute approximate surface area is 61.1 Å². The Morgan fingerprint density at radius 2 is 2.10 bits per heavy atom. The van der Waals surface area contributed by atoms with Crippen molar-refractivity contribution >= 4 is 0 Å². The maximum atomic E-state index is 5.67. The summed E-state index contributed by atoms with van der Waals surface area (Å²) in [5.74, 6) is 7.19. The molecule has 2 atom stereocenters. The number of piperidine rings is 1. The van der Waals surface area contributed by atoms with Gasteiger partial charge in [-0.05, 0) is 12.3 Å².